The summed E-state index contributed by atoms with van der Waals surface area (Å²) >= 11 is 0. The number of hydrogen-bond acceptors (Lipinski definition) is 2. The number of esters is 1. The summed E-state index contributed by atoms with van der Waals surface area (Å²) in [4.78, 5) is 12.3. The quantitative estimate of drug-likeness (QED) is 0.303. The van der Waals surface area contributed by atoms with E-state index in [1.54, 1.807) is 0 Å². The molecule has 0 N–H and O–H groups in total. The summed E-state index contributed by atoms with van der Waals surface area (Å²) in [6.07, 6.45) is 0.550. The number of carbonyl (C=O) groups is 1. The zero-order valence-corrected chi connectivity index (χ0v) is 20.5. The van der Waals surface area contributed by atoms with Gasteiger partial charge in [-0.15, -0.1) is 0 Å². The third kappa shape index (κ3) is 4.91. The molecule has 3 rings (SSSR count). The first-order valence-electron chi connectivity index (χ1n) is 9.72. The number of halogens is 1. The van der Waals surface area contributed by atoms with Gasteiger partial charge in [-0.3, -0.25) is 0 Å². The molecule has 0 spiro atoms. The standard InChI is InChI=1S/C26H28O2P.BrH/c1-19-6-12-23(13-7-19)29(18-22(4)26(27)28-5,24-14-8-20(2)9-15-24)25-16-10-21(3)11-17-25;/h6-17H,4,18H2,1-3,5H3;1H/q+1;/p-1. The topological polar surface area (TPSA) is 26.3 Å². The summed E-state index contributed by atoms with van der Waals surface area (Å²) in [6, 6.07) is 26.1. The molecule has 0 bridgehead atoms. The molecule has 156 valence electrons. The lowest BCUT2D eigenvalue weighted by molar-refractivity contribution is -0.135. The van der Waals surface area contributed by atoms with Crippen LogP contribution in [0.3, 0.4) is 0 Å². The van der Waals surface area contributed by atoms with Crippen molar-refractivity contribution in [1.82, 2.24) is 0 Å². The molecule has 30 heavy (non-hydrogen) atoms. The van der Waals surface area contributed by atoms with Crippen LogP contribution in [0.5, 0.6) is 0 Å². The van der Waals surface area contributed by atoms with E-state index in [1.165, 1.54) is 39.7 Å². The molecular formula is C26H28BrO2P. The van der Waals surface area contributed by atoms with Gasteiger partial charge in [0.15, 0.2) is 0 Å². The van der Waals surface area contributed by atoms with Crippen molar-refractivity contribution >= 4 is 29.1 Å². The molecule has 0 radical (unpaired) electrons. The molecular weight excluding hydrogens is 455 g/mol. The van der Waals surface area contributed by atoms with Crippen molar-refractivity contribution in [3.8, 4) is 0 Å². The van der Waals surface area contributed by atoms with E-state index in [-0.39, 0.29) is 23.0 Å². The second-order valence-electron chi connectivity index (χ2n) is 7.57. The van der Waals surface area contributed by atoms with E-state index in [4.69, 9.17) is 4.74 Å². The van der Waals surface area contributed by atoms with E-state index in [1.807, 2.05) is 0 Å². The fraction of sp³-hybridized carbons (Fsp3) is 0.192. The van der Waals surface area contributed by atoms with E-state index in [2.05, 4.69) is 100 Å². The van der Waals surface area contributed by atoms with E-state index in [0.29, 0.717) is 11.7 Å². The van der Waals surface area contributed by atoms with Crippen molar-refractivity contribution in [2.45, 2.75) is 20.8 Å². The van der Waals surface area contributed by atoms with Gasteiger partial charge in [-0.1, -0.05) is 59.7 Å². The van der Waals surface area contributed by atoms with Crippen molar-refractivity contribution in [1.29, 1.82) is 0 Å². The van der Waals surface area contributed by atoms with Crippen LogP contribution in [-0.2, 0) is 9.53 Å². The average molecular weight is 483 g/mol. The monoisotopic (exact) mass is 482 g/mol. The van der Waals surface area contributed by atoms with E-state index >= 15 is 0 Å². The SMILES string of the molecule is C=C(C[P+](c1ccc(C)cc1)(c1ccc(C)cc1)c1ccc(C)cc1)C(=O)OC.[Br-]. The van der Waals surface area contributed by atoms with Gasteiger partial charge in [0.05, 0.1) is 12.7 Å². The number of aryl methyl sites for hydroxylation is 3. The predicted molar refractivity (Wildman–Crippen MR) is 125 cm³/mol. The van der Waals surface area contributed by atoms with Gasteiger partial charge in [0.2, 0.25) is 0 Å². The lowest BCUT2D eigenvalue weighted by atomic mass is 10.2. The molecule has 3 aromatic rings. The van der Waals surface area contributed by atoms with Gasteiger partial charge in [-0.25, -0.2) is 4.79 Å². The smallest absolute Gasteiger partial charge is 0.336 e. The van der Waals surface area contributed by atoms with Gasteiger partial charge in [-0.05, 0) is 57.2 Å². The molecule has 0 aliphatic heterocycles. The summed E-state index contributed by atoms with van der Waals surface area (Å²) in [5.41, 5.74) is 4.15. The Morgan fingerprint density at radius 3 is 1.30 bits per heavy atom. The van der Waals surface area contributed by atoms with E-state index in [0.717, 1.165) is 0 Å². The Morgan fingerprint density at radius 2 is 1.03 bits per heavy atom. The van der Waals surface area contributed by atoms with Crippen molar-refractivity contribution in [3.63, 3.8) is 0 Å². The normalized spacial score (nSPS) is 10.8. The van der Waals surface area contributed by atoms with Gasteiger partial charge >= 0.3 is 5.97 Å². The Kier molecular flexibility index (Phi) is 8.18. The van der Waals surface area contributed by atoms with Crippen LogP contribution in [0.2, 0.25) is 0 Å². The zero-order valence-electron chi connectivity index (χ0n) is 18.0. The molecule has 0 fully saturated rings. The molecule has 0 saturated heterocycles. The molecule has 0 aliphatic carbocycles. The summed E-state index contributed by atoms with van der Waals surface area (Å²) < 4.78 is 5.00. The minimum atomic E-state index is -2.14. The Bertz CT molecular complexity index is 895. The first-order chi connectivity index (χ1) is 13.9. The largest absolute Gasteiger partial charge is 1.00 e. The highest BCUT2D eigenvalue weighted by Gasteiger charge is 2.46. The Hall–Kier alpha value is -2.22. The summed E-state index contributed by atoms with van der Waals surface area (Å²) in [7, 11) is -0.722. The van der Waals surface area contributed by atoms with Crippen LogP contribution in [0.4, 0.5) is 0 Å². The number of ether oxygens (including phenoxy) is 1. The number of carbonyl (C=O) groups excluding carboxylic acids is 1. The fourth-order valence-electron chi connectivity index (χ4n) is 3.61. The minimum Gasteiger partial charge on any atom is -1.00 e. The van der Waals surface area contributed by atoms with Crippen molar-refractivity contribution < 1.29 is 26.5 Å². The number of benzene rings is 3. The van der Waals surface area contributed by atoms with Gasteiger partial charge in [0, 0.05) is 0 Å². The summed E-state index contributed by atoms with van der Waals surface area (Å²) in [5.74, 6) is -0.347. The predicted octanol–water partition coefficient (Wildman–Crippen LogP) is 1.64. The molecule has 3 aromatic carbocycles. The van der Waals surface area contributed by atoms with Gasteiger partial charge in [-0.2, -0.15) is 0 Å². The lowest BCUT2D eigenvalue weighted by Gasteiger charge is -2.28. The van der Waals surface area contributed by atoms with Crippen LogP contribution in [0.1, 0.15) is 16.7 Å². The minimum absolute atomic E-state index is 0. The molecule has 0 unspecified atom stereocenters. The van der Waals surface area contributed by atoms with E-state index < -0.39 is 7.26 Å². The summed E-state index contributed by atoms with van der Waals surface area (Å²) in [6.45, 7) is 10.4. The second-order valence-corrected chi connectivity index (χ2v) is 11.1. The highest BCUT2D eigenvalue weighted by molar-refractivity contribution is 7.95. The highest BCUT2D eigenvalue weighted by Crippen LogP contribution is 2.56. The van der Waals surface area contributed by atoms with Crippen molar-refractivity contribution in [2.75, 3.05) is 13.3 Å². The molecule has 0 heterocycles. The van der Waals surface area contributed by atoms with Crippen LogP contribution < -0.4 is 32.9 Å². The Morgan fingerprint density at radius 1 is 0.733 bits per heavy atom. The third-order valence-electron chi connectivity index (χ3n) is 5.33. The number of hydrogen-bond donors (Lipinski definition) is 0. The number of rotatable bonds is 6. The number of methoxy groups -OCH3 is 1. The summed E-state index contributed by atoms with van der Waals surface area (Å²) in [5, 5.41) is 3.71. The Balaban J connectivity index is 0.00000320. The van der Waals surface area contributed by atoms with Crippen molar-refractivity contribution in [2.24, 2.45) is 0 Å². The van der Waals surface area contributed by atoms with Crippen LogP contribution in [-0.4, -0.2) is 19.2 Å². The van der Waals surface area contributed by atoms with Gasteiger partial charge < -0.3 is 21.7 Å². The Labute approximate surface area is 191 Å². The fourth-order valence-corrected chi connectivity index (χ4v) is 7.73. The van der Waals surface area contributed by atoms with Crippen LogP contribution in [0.15, 0.2) is 84.9 Å². The van der Waals surface area contributed by atoms with Gasteiger partial charge in [0.1, 0.15) is 29.3 Å². The molecule has 4 heteroatoms. The van der Waals surface area contributed by atoms with Crippen LogP contribution >= 0.6 is 7.26 Å². The highest BCUT2D eigenvalue weighted by atomic mass is 79.9. The maximum Gasteiger partial charge on any atom is 0.336 e. The molecule has 0 saturated carbocycles. The first kappa shape index (κ1) is 24.1. The average Bonchev–Trinajstić information content (AvgIpc) is 2.73. The first-order valence-corrected chi connectivity index (χ1v) is 11.7. The molecule has 0 aliphatic rings. The second kappa shape index (κ2) is 10.2. The molecule has 0 atom stereocenters. The molecule has 0 amide bonds. The maximum absolute atomic E-state index is 12.3. The third-order valence-corrected chi connectivity index (χ3v) is 9.72. The molecule has 0 aromatic heterocycles. The lowest BCUT2D eigenvalue weighted by Crippen LogP contribution is -3.00. The van der Waals surface area contributed by atoms with Crippen molar-refractivity contribution in [3.05, 3.63) is 102 Å². The van der Waals surface area contributed by atoms with Crippen LogP contribution in [0, 0.1) is 20.8 Å². The maximum atomic E-state index is 12.3. The van der Waals surface area contributed by atoms with Crippen LogP contribution in [0.25, 0.3) is 0 Å². The van der Waals surface area contributed by atoms with E-state index in [9.17, 15) is 4.79 Å². The zero-order chi connectivity index (χ0) is 21.0. The van der Waals surface area contributed by atoms with Gasteiger partial charge in [0.25, 0.3) is 0 Å². The molecule has 2 nitrogen and oxygen atoms in total.